The van der Waals surface area contributed by atoms with Crippen molar-refractivity contribution < 1.29 is 19.1 Å². The van der Waals surface area contributed by atoms with E-state index in [1.54, 1.807) is 24.3 Å². The van der Waals surface area contributed by atoms with Gasteiger partial charge in [-0.15, -0.1) is 0 Å². The molecular formula is C44H37NO4. The van der Waals surface area contributed by atoms with Crippen LogP contribution in [0.25, 0.3) is 11.1 Å². The molecule has 0 N–H and O–H groups in total. The number of amides is 2. The predicted octanol–water partition coefficient (Wildman–Crippen LogP) is 8.28. The summed E-state index contributed by atoms with van der Waals surface area (Å²) in [5.41, 5.74) is 4.55. The van der Waals surface area contributed by atoms with E-state index in [-0.39, 0.29) is 17.6 Å². The number of rotatable bonds is 8. The fraction of sp³-hybridized carbons (Fsp3) is 0.205. The van der Waals surface area contributed by atoms with Crippen molar-refractivity contribution in [3.05, 3.63) is 167 Å². The van der Waals surface area contributed by atoms with E-state index < -0.39 is 22.7 Å². The molecular weight excluding hydrogens is 606 g/mol. The van der Waals surface area contributed by atoms with Crippen molar-refractivity contribution in [1.29, 1.82) is 0 Å². The summed E-state index contributed by atoms with van der Waals surface area (Å²) in [5, 5.41) is 0. The molecule has 5 aromatic carbocycles. The van der Waals surface area contributed by atoms with Crippen molar-refractivity contribution in [1.82, 2.24) is 0 Å². The number of carbonyl (C=O) groups excluding carboxylic acids is 3. The summed E-state index contributed by atoms with van der Waals surface area (Å²) in [4.78, 5) is 47.7. The van der Waals surface area contributed by atoms with Crippen LogP contribution in [-0.4, -0.2) is 24.2 Å². The Balaban J connectivity index is 1.48. The van der Waals surface area contributed by atoms with Gasteiger partial charge in [-0.2, -0.15) is 0 Å². The number of nitrogens with zero attached hydrogens (tertiary/aromatic N) is 1. The zero-order chi connectivity index (χ0) is 33.9. The zero-order valence-electron chi connectivity index (χ0n) is 27.9. The highest BCUT2D eigenvalue weighted by Gasteiger charge is 2.82. The highest BCUT2D eigenvalue weighted by molar-refractivity contribution is 6.39. The smallest absolute Gasteiger partial charge is 0.239 e. The number of benzene rings is 5. The molecule has 4 atom stereocenters. The van der Waals surface area contributed by atoms with Gasteiger partial charge < -0.3 is 4.74 Å². The van der Waals surface area contributed by atoms with Gasteiger partial charge in [-0.1, -0.05) is 127 Å². The van der Waals surface area contributed by atoms with Crippen molar-refractivity contribution in [2.24, 2.45) is 11.8 Å². The molecule has 3 aliphatic rings. The average Bonchev–Trinajstić information content (AvgIpc) is 3.64. The number of ketones is 1. The molecule has 2 fully saturated rings. The van der Waals surface area contributed by atoms with Gasteiger partial charge in [0.2, 0.25) is 11.8 Å². The molecule has 5 aromatic rings. The molecule has 49 heavy (non-hydrogen) atoms. The van der Waals surface area contributed by atoms with E-state index in [2.05, 4.69) is 24.3 Å². The van der Waals surface area contributed by atoms with Gasteiger partial charge in [-0.25, -0.2) is 4.90 Å². The molecule has 242 valence electrons. The maximum absolute atomic E-state index is 16.0. The van der Waals surface area contributed by atoms with Crippen molar-refractivity contribution >= 4 is 34.4 Å². The summed E-state index contributed by atoms with van der Waals surface area (Å²) >= 11 is 0. The first-order valence-corrected chi connectivity index (χ1v) is 17.0. The van der Waals surface area contributed by atoms with Crippen LogP contribution < -0.4 is 9.64 Å². The highest BCUT2D eigenvalue weighted by atomic mass is 16.5. The monoisotopic (exact) mass is 643 g/mol. The molecule has 2 bridgehead atoms. The van der Waals surface area contributed by atoms with Crippen LogP contribution in [0.3, 0.4) is 0 Å². The summed E-state index contributed by atoms with van der Waals surface area (Å²) in [6.07, 6.45) is 0.866. The zero-order valence-corrected chi connectivity index (χ0v) is 27.9. The van der Waals surface area contributed by atoms with Gasteiger partial charge in [-0.05, 0) is 77.9 Å². The van der Waals surface area contributed by atoms with Gasteiger partial charge in [0.15, 0.2) is 5.78 Å². The number of fused-ring (bicyclic) bond motifs is 5. The molecule has 0 unspecified atom stereocenters. The summed E-state index contributed by atoms with van der Waals surface area (Å²) < 4.78 is 5.81. The molecule has 2 aliphatic carbocycles. The molecule has 5 nitrogen and oxygen atoms in total. The second-order valence-corrected chi connectivity index (χ2v) is 13.5. The summed E-state index contributed by atoms with van der Waals surface area (Å²) in [5.74, 6) is -2.09. The van der Waals surface area contributed by atoms with Gasteiger partial charge in [0.25, 0.3) is 0 Å². The van der Waals surface area contributed by atoms with Crippen LogP contribution in [-0.2, 0) is 25.2 Å². The van der Waals surface area contributed by atoms with Crippen molar-refractivity contribution in [2.45, 2.75) is 38.0 Å². The Labute approximate surface area is 286 Å². The number of allylic oxidation sites excluding steroid dienone is 2. The van der Waals surface area contributed by atoms with Crippen LogP contribution in [0.15, 0.2) is 133 Å². The van der Waals surface area contributed by atoms with Crippen molar-refractivity contribution in [3.63, 3.8) is 0 Å². The molecule has 1 saturated heterocycles. The average molecular weight is 644 g/mol. The Bertz CT molecular complexity index is 1990. The van der Waals surface area contributed by atoms with Crippen LogP contribution >= 0.6 is 0 Å². The molecule has 8 rings (SSSR count). The second-order valence-electron chi connectivity index (χ2n) is 13.5. The molecule has 1 heterocycles. The topological polar surface area (TPSA) is 63.7 Å². The maximum atomic E-state index is 16.0. The van der Waals surface area contributed by atoms with Crippen molar-refractivity contribution in [2.75, 3.05) is 11.5 Å². The number of anilines is 1. The van der Waals surface area contributed by atoms with Crippen LogP contribution in [0.5, 0.6) is 5.75 Å². The Morgan fingerprint density at radius 3 is 1.41 bits per heavy atom. The third kappa shape index (κ3) is 4.21. The van der Waals surface area contributed by atoms with E-state index in [0.717, 1.165) is 50.9 Å². The maximum Gasteiger partial charge on any atom is 0.239 e. The SMILES string of the molecule is CCCOc1ccc(N2C(=O)[C@@H]3[C@@H](C2=O)[C@@]2(c4ccccc4)C(=O)[C@@]3(c3ccccc3)C(c3ccc(C)cc3)=C2c2ccc(C)cc2)cc1. The number of imide groups is 1. The van der Waals surface area contributed by atoms with E-state index in [4.69, 9.17) is 4.74 Å². The predicted molar refractivity (Wildman–Crippen MR) is 192 cm³/mol. The molecule has 0 aromatic heterocycles. The third-order valence-electron chi connectivity index (χ3n) is 10.7. The number of hydrogen-bond donors (Lipinski definition) is 0. The second kappa shape index (κ2) is 11.6. The Kier molecular flexibility index (Phi) is 7.25. The van der Waals surface area contributed by atoms with E-state index in [1.165, 1.54) is 4.90 Å². The highest BCUT2D eigenvalue weighted by Crippen LogP contribution is 2.74. The summed E-state index contributed by atoms with van der Waals surface area (Å²) in [6, 6.07) is 42.8. The minimum absolute atomic E-state index is 0.122. The first-order valence-electron chi connectivity index (χ1n) is 17.0. The van der Waals surface area contributed by atoms with Crippen LogP contribution in [0, 0.1) is 25.7 Å². The molecule has 5 heteroatoms. The third-order valence-corrected chi connectivity index (χ3v) is 10.7. The lowest BCUT2D eigenvalue weighted by molar-refractivity contribution is -0.130. The van der Waals surface area contributed by atoms with Crippen LogP contribution in [0.2, 0.25) is 0 Å². The van der Waals surface area contributed by atoms with E-state index in [9.17, 15) is 0 Å². The van der Waals surface area contributed by atoms with Gasteiger partial charge in [0.1, 0.15) is 5.75 Å². The Morgan fingerprint density at radius 2 is 1.00 bits per heavy atom. The molecule has 0 spiro atoms. The lowest BCUT2D eigenvalue weighted by atomic mass is 9.59. The lowest BCUT2D eigenvalue weighted by Gasteiger charge is -2.39. The minimum atomic E-state index is -1.43. The van der Waals surface area contributed by atoms with Crippen LogP contribution in [0.4, 0.5) is 5.69 Å². The van der Waals surface area contributed by atoms with Gasteiger partial charge in [0.05, 0.1) is 35.0 Å². The normalized spacial score (nSPS) is 24.1. The standard InChI is InChI=1S/C44H37NO4/c1-4-27-49-35-25-23-34(24-26-35)45-40(46)38-39(41(45)47)44(33-13-9-6-10-14-33)37(31-21-17-29(3)18-22-31)36(30-19-15-28(2)16-20-30)43(38,42(44)48)32-11-7-5-8-12-32/h5-26,38-39H,4,27H2,1-3H3/t38-,39-,43-,44-/m0/s1. The van der Waals surface area contributed by atoms with E-state index >= 15 is 14.4 Å². The lowest BCUT2D eigenvalue weighted by Crippen LogP contribution is -2.45. The summed E-state index contributed by atoms with van der Waals surface area (Å²) in [6.45, 7) is 6.69. The fourth-order valence-electron chi connectivity index (χ4n) is 8.73. The number of carbonyl (C=O) groups is 3. The van der Waals surface area contributed by atoms with Gasteiger partial charge >= 0.3 is 0 Å². The number of aryl methyl sites for hydroxylation is 2. The van der Waals surface area contributed by atoms with Crippen LogP contribution in [0.1, 0.15) is 46.7 Å². The molecule has 2 amide bonds. The molecule has 1 saturated carbocycles. The van der Waals surface area contributed by atoms with Gasteiger partial charge in [-0.3, -0.25) is 14.4 Å². The van der Waals surface area contributed by atoms with Crippen molar-refractivity contribution in [3.8, 4) is 5.75 Å². The first-order chi connectivity index (χ1) is 23.8. The first kappa shape index (κ1) is 30.8. The number of hydrogen-bond acceptors (Lipinski definition) is 4. The summed E-state index contributed by atoms with van der Waals surface area (Å²) in [7, 11) is 0. The molecule has 1 aliphatic heterocycles. The Hall–Kier alpha value is -5.55. The number of Topliss-reactive ketones (excluding diaryl/α,β-unsaturated/α-hetero) is 1. The molecule has 0 radical (unpaired) electrons. The fourth-order valence-corrected chi connectivity index (χ4v) is 8.73. The van der Waals surface area contributed by atoms with E-state index in [0.29, 0.717) is 18.0 Å². The quantitative estimate of drug-likeness (QED) is 0.160. The minimum Gasteiger partial charge on any atom is -0.494 e. The number of ether oxygens (including phenoxy) is 1. The van der Waals surface area contributed by atoms with Gasteiger partial charge in [0, 0.05) is 0 Å². The largest absolute Gasteiger partial charge is 0.494 e. The van der Waals surface area contributed by atoms with E-state index in [1.807, 2.05) is 106 Å². The Morgan fingerprint density at radius 1 is 0.571 bits per heavy atom.